The first-order valence-corrected chi connectivity index (χ1v) is 7.37. The van der Waals surface area contributed by atoms with Gasteiger partial charge in [0.15, 0.2) is 0 Å². The van der Waals surface area contributed by atoms with Crippen molar-refractivity contribution in [3.05, 3.63) is 53.6 Å². The smallest absolute Gasteiger partial charge is 0.304 e. The van der Waals surface area contributed by atoms with E-state index in [9.17, 15) is 13.5 Å². The summed E-state index contributed by atoms with van der Waals surface area (Å²) in [6.07, 6.45) is 3.35. The van der Waals surface area contributed by atoms with Crippen LogP contribution in [0.5, 0.6) is 0 Å². The van der Waals surface area contributed by atoms with Crippen LogP contribution in [-0.4, -0.2) is 29.1 Å². The lowest BCUT2D eigenvalue weighted by atomic mass is 10.1. The molecule has 106 valence electrons. The third-order valence-corrected chi connectivity index (χ3v) is 4.30. The second-order valence-corrected chi connectivity index (χ2v) is 6.07. The van der Waals surface area contributed by atoms with E-state index in [1.54, 1.807) is 24.3 Å². The fourth-order valence-electron chi connectivity index (χ4n) is 1.54. The zero-order chi connectivity index (χ0) is 14.8. The van der Waals surface area contributed by atoms with Crippen LogP contribution in [0.15, 0.2) is 63.8 Å². The van der Waals surface area contributed by atoms with Crippen LogP contribution in [0.1, 0.15) is 0 Å². The molecule has 0 saturated carbocycles. The lowest BCUT2D eigenvalue weighted by Crippen LogP contribution is -2.38. The van der Waals surface area contributed by atoms with Crippen LogP contribution >= 0.6 is 11.6 Å². The topological polar surface area (TPSA) is 99.3 Å². The fraction of sp³-hybridized carbons (Fsp3) is 0.167. The van der Waals surface area contributed by atoms with Crippen molar-refractivity contribution in [1.82, 2.24) is 0 Å². The van der Waals surface area contributed by atoms with E-state index >= 15 is 0 Å². The normalized spacial score (nSPS) is 26.8. The van der Waals surface area contributed by atoms with E-state index in [0.29, 0.717) is 5.69 Å². The van der Waals surface area contributed by atoms with Crippen molar-refractivity contribution in [2.45, 2.75) is 11.0 Å². The number of hydrogen-bond donors (Lipinski definition) is 2. The molecule has 0 aromatic heterocycles. The summed E-state index contributed by atoms with van der Waals surface area (Å²) in [4.78, 5) is -2.62. The average Bonchev–Trinajstić information content (AvgIpc) is 2.40. The maximum Gasteiger partial charge on any atom is 0.304 e. The number of azo groups is 1. The maximum absolute atomic E-state index is 11.1. The Kier molecular flexibility index (Phi) is 4.05. The molecule has 0 amide bonds. The monoisotopic (exact) mass is 314 g/mol. The van der Waals surface area contributed by atoms with Crippen LogP contribution < -0.4 is 0 Å². The molecule has 0 saturated heterocycles. The van der Waals surface area contributed by atoms with E-state index in [1.165, 1.54) is 12.2 Å². The summed E-state index contributed by atoms with van der Waals surface area (Å²) in [7, 11) is -4.77. The van der Waals surface area contributed by atoms with Crippen molar-refractivity contribution in [1.29, 1.82) is 0 Å². The van der Waals surface area contributed by atoms with Crippen molar-refractivity contribution < 1.29 is 18.1 Å². The number of aliphatic hydroxyl groups is 1. The Morgan fingerprint density at radius 1 is 1.25 bits per heavy atom. The Morgan fingerprint density at radius 2 is 1.90 bits per heavy atom. The van der Waals surface area contributed by atoms with Crippen LogP contribution in [-0.2, 0) is 10.1 Å². The van der Waals surface area contributed by atoms with Gasteiger partial charge >= 0.3 is 10.1 Å². The van der Waals surface area contributed by atoms with Gasteiger partial charge in [0.25, 0.3) is 0 Å². The number of rotatable bonds is 3. The summed E-state index contributed by atoms with van der Waals surface area (Å²) in [5.41, 5.74) is 0.626. The Balaban J connectivity index is 2.21. The number of benzene rings is 1. The number of hydrogen-bond acceptors (Lipinski definition) is 5. The second-order valence-electron chi connectivity index (χ2n) is 4.09. The molecule has 2 atom stereocenters. The molecule has 1 aromatic carbocycles. The van der Waals surface area contributed by atoms with Gasteiger partial charge in [-0.05, 0) is 24.3 Å². The minimum absolute atomic E-state index is 0.445. The molecule has 0 bridgehead atoms. The lowest BCUT2D eigenvalue weighted by molar-refractivity contribution is 0.201. The molecule has 0 spiro atoms. The van der Waals surface area contributed by atoms with Crippen LogP contribution in [0.25, 0.3) is 0 Å². The molecule has 1 aliphatic carbocycles. The molecule has 0 fully saturated rings. The van der Waals surface area contributed by atoms with E-state index < -0.39 is 26.1 Å². The van der Waals surface area contributed by atoms with Gasteiger partial charge < -0.3 is 5.11 Å². The molecule has 20 heavy (non-hydrogen) atoms. The van der Waals surface area contributed by atoms with Gasteiger partial charge in [0.1, 0.15) is 6.04 Å². The van der Waals surface area contributed by atoms with Gasteiger partial charge in [-0.1, -0.05) is 35.9 Å². The Hall–Kier alpha value is -1.54. The molecular weight excluding hydrogens is 304 g/mol. The van der Waals surface area contributed by atoms with Crippen LogP contribution in [0, 0.1) is 0 Å². The highest BCUT2D eigenvalue weighted by molar-refractivity contribution is 7.87. The fourth-order valence-corrected chi connectivity index (χ4v) is 2.59. The van der Waals surface area contributed by atoms with Crippen molar-refractivity contribution in [2.75, 3.05) is 0 Å². The lowest BCUT2D eigenvalue weighted by Gasteiger charge is -2.24. The van der Waals surface area contributed by atoms with E-state index in [0.717, 1.165) is 6.08 Å². The Morgan fingerprint density at radius 3 is 2.45 bits per heavy atom. The van der Waals surface area contributed by atoms with Crippen molar-refractivity contribution in [3.8, 4) is 0 Å². The largest absolute Gasteiger partial charge is 0.365 e. The van der Waals surface area contributed by atoms with E-state index in [-0.39, 0.29) is 0 Å². The second kappa shape index (κ2) is 5.45. The molecule has 0 heterocycles. The van der Waals surface area contributed by atoms with E-state index in [4.69, 9.17) is 16.2 Å². The molecule has 0 aliphatic heterocycles. The first-order chi connectivity index (χ1) is 9.33. The first kappa shape index (κ1) is 14.9. The van der Waals surface area contributed by atoms with Gasteiger partial charge in [-0.15, -0.1) is 0 Å². The third-order valence-electron chi connectivity index (χ3n) is 2.63. The summed E-state index contributed by atoms with van der Waals surface area (Å²) in [5, 5.41) is 17.2. The molecule has 1 aliphatic rings. The number of nitrogens with zero attached hydrogens (tertiary/aromatic N) is 2. The molecule has 2 unspecified atom stereocenters. The standard InChI is InChI=1S/C12H11ClN2O4S/c13-11-8-10(6-7-12(11,16)20(17,18)19)15-14-9-4-2-1-3-5-9/h1-8,10,16H,(H,17,18,19). The molecule has 8 heteroatoms. The SMILES string of the molecule is O=S(=O)(O)C1(O)C=CC(N=Nc2ccccc2)C=C1Cl. The highest BCUT2D eigenvalue weighted by atomic mass is 35.5. The van der Waals surface area contributed by atoms with Gasteiger partial charge in [-0.3, -0.25) is 4.55 Å². The summed E-state index contributed by atoms with van der Waals surface area (Å²) in [5.74, 6) is 0. The Bertz CT molecular complexity index is 685. The van der Waals surface area contributed by atoms with Gasteiger partial charge in [0.05, 0.1) is 10.7 Å². The van der Waals surface area contributed by atoms with Crippen molar-refractivity contribution >= 4 is 27.4 Å². The van der Waals surface area contributed by atoms with Crippen LogP contribution in [0.2, 0.25) is 0 Å². The highest BCUT2D eigenvalue weighted by Gasteiger charge is 2.43. The quantitative estimate of drug-likeness (QED) is 0.508. The first-order valence-electron chi connectivity index (χ1n) is 5.55. The van der Waals surface area contributed by atoms with Gasteiger partial charge in [0.2, 0.25) is 4.93 Å². The molecule has 0 radical (unpaired) electrons. The molecule has 2 rings (SSSR count). The third kappa shape index (κ3) is 2.96. The van der Waals surface area contributed by atoms with E-state index in [1.807, 2.05) is 6.07 Å². The summed E-state index contributed by atoms with van der Waals surface area (Å²) >= 11 is 5.70. The van der Waals surface area contributed by atoms with Crippen LogP contribution in [0.4, 0.5) is 5.69 Å². The summed E-state index contributed by atoms with van der Waals surface area (Å²) in [6, 6.07) is 8.30. The highest BCUT2D eigenvalue weighted by Crippen LogP contribution is 2.32. The minimum atomic E-state index is -4.77. The van der Waals surface area contributed by atoms with Gasteiger partial charge in [-0.25, -0.2) is 0 Å². The predicted octanol–water partition coefficient (Wildman–Crippen LogP) is 2.41. The molecule has 6 nitrogen and oxygen atoms in total. The van der Waals surface area contributed by atoms with Crippen LogP contribution in [0.3, 0.4) is 0 Å². The molecule has 1 aromatic rings. The summed E-state index contributed by atoms with van der Waals surface area (Å²) < 4.78 is 31.1. The Labute approximate surface area is 120 Å². The number of halogens is 1. The van der Waals surface area contributed by atoms with Gasteiger partial charge in [-0.2, -0.15) is 18.6 Å². The van der Waals surface area contributed by atoms with Crippen molar-refractivity contribution in [2.24, 2.45) is 10.2 Å². The van der Waals surface area contributed by atoms with E-state index in [2.05, 4.69) is 10.2 Å². The predicted molar refractivity (Wildman–Crippen MR) is 74.3 cm³/mol. The zero-order valence-electron chi connectivity index (χ0n) is 10.1. The average molecular weight is 315 g/mol. The van der Waals surface area contributed by atoms with Gasteiger partial charge in [0, 0.05) is 0 Å². The summed E-state index contributed by atoms with van der Waals surface area (Å²) in [6.45, 7) is 0. The molecular formula is C12H11ClN2O4S. The molecule has 2 N–H and O–H groups in total. The van der Waals surface area contributed by atoms with Crippen molar-refractivity contribution in [3.63, 3.8) is 0 Å². The zero-order valence-corrected chi connectivity index (χ0v) is 11.7. The maximum atomic E-state index is 11.1. The minimum Gasteiger partial charge on any atom is -0.365 e.